The van der Waals surface area contributed by atoms with Crippen LogP contribution in [0.25, 0.3) is 10.2 Å². The van der Waals surface area contributed by atoms with Crippen LogP contribution >= 0.6 is 11.3 Å². The molecule has 104 valence electrons. The van der Waals surface area contributed by atoms with E-state index in [4.69, 9.17) is 5.73 Å². The average Bonchev–Trinajstić information content (AvgIpc) is 3.04. The third-order valence-electron chi connectivity index (χ3n) is 2.84. The smallest absolute Gasteiger partial charge is 0.182 e. The summed E-state index contributed by atoms with van der Waals surface area (Å²) in [5, 5.41) is 4.07. The third-order valence-corrected chi connectivity index (χ3v) is 5.46. The van der Waals surface area contributed by atoms with Crippen molar-refractivity contribution in [3.05, 3.63) is 30.4 Å². The van der Waals surface area contributed by atoms with Gasteiger partial charge in [0.05, 0.1) is 26.8 Å². The van der Waals surface area contributed by atoms with Crippen LogP contribution in [0.5, 0.6) is 0 Å². The SMILES string of the molecule is CCn1ncnc1CS(=O)c1nc2ccc(N)cc2s1. The zero-order chi connectivity index (χ0) is 14.1. The number of hydrogen-bond donors (Lipinski definition) is 1. The Hall–Kier alpha value is -1.80. The number of nitrogens with zero attached hydrogens (tertiary/aromatic N) is 4. The van der Waals surface area contributed by atoms with Crippen LogP contribution in [0.15, 0.2) is 28.9 Å². The summed E-state index contributed by atoms with van der Waals surface area (Å²) in [5.74, 6) is 1.04. The molecule has 2 N–H and O–H groups in total. The lowest BCUT2D eigenvalue weighted by atomic mass is 10.3. The van der Waals surface area contributed by atoms with Crippen LogP contribution in [0.1, 0.15) is 12.7 Å². The van der Waals surface area contributed by atoms with Crippen LogP contribution in [0.2, 0.25) is 0 Å². The maximum Gasteiger partial charge on any atom is 0.182 e. The number of thiazole rings is 1. The van der Waals surface area contributed by atoms with Gasteiger partial charge < -0.3 is 5.73 Å². The minimum absolute atomic E-state index is 0.323. The van der Waals surface area contributed by atoms with E-state index in [1.165, 1.54) is 17.7 Å². The molecule has 1 unspecified atom stereocenters. The van der Waals surface area contributed by atoms with E-state index in [1.807, 2.05) is 19.1 Å². The molecule has 2 aromatic heterocycles. The van der Waals surface area contributed by atoms with Gasteiger partial charge in [0.1, 0.15) is 12.2 Å². The molecule has 1 aromatic carbocycles. The number of aryl methyl sites for hydroxylation is 1. The van der Waals surface area contributed by atoms with Gasteiger partial charge >= 0.3 is 0 Å². The van der Waals surface area contributed by atoms with Crippen LogP contribution in [-0.4, -0.2) is 24.0 Å². The monoisotopic (exact) mass is 307 g/mol. The van der Waals surface area contributed by atoms with Gasteiger partial charge in [-0.3, -0.25) is 4.21 Å². The lowest BCUT2D eigenvalue weighted by Crippen LogP contribution is -2.06. The second-order valence-electron chi connectivity index (χ2n) is 4.19. The largest absolute Gasteiger partial charge is 0.399 e. The van der Waals surface area contributed by atoms with E-state index >= 15 is 0 Å². The molecule has 0 saturated carbocycles. The molecule has 0 aliphatic carbocycles. The first-order valence-electron chi connectivity index (χ1n) is 6.08. The Morgan fingerprint density at radius 2 is 2.30 bits per heavy atom. The molecule has 8 heteroatoms. The molecule has 0 amide bonds. The molecule has 0 radical (unpaired) electrons. The van der Waals surface area contributed by atoms with E-state index in [0.29, 0.717) is 28.1 Å². The molecule has 6 nitrogen and oxygen atoms in total. The fraction of sp³-hybridized carbons (Fsp3) is 0.250. The molecule has 0 bridgehead atoms. The van der Waals surface area contributed by atoms with E-state index < -0.39 is 10.8 Å². The summed E-state index contributed by atoms with van der Waals surface area (Å²) < 4.78 is 15.7. The Morgan fingerprint density at radius 3 is 3.10 bits per heavy atom. The Kier molecular flexibility index (Phi) is 3.49. The van der Waals surface area contributed by atoms with E-state index in [0.717, 1.165) is 10.2 Å². The van der Waals surface area contributed by atoms with Gasteiger partial charge in [0.15, 0.2) is 4.34 Å². The summed E-state index contributed by atoms with van der Waals surface area (Å²) in [7, 11) is -1.22. The molecule has 1 atom stereocenters. The second-order valence-corrected chi connectivity index (χ2v) is 6.84. The summed E-state index contributed by atoms with van der Waals surface area (Å²) in [4.78, 5) is 8.53. The van der Waals surface area contributed by atoms with Crippen LogP contribution in [0.4, 0.5) is 5.69 Å². The lowest BCUT2D eigenvalue weighted by molar-refractivity contribution is 0.627. The fourth-order valence-corrected chi connectivity index (χ4v) is 4.21. The highest BCUT2D eigenvalue weighted by atomic mass is 32.2. The minimum atomic E-state index is -1.22. The number of rotatable bonds is 4. The number of aromatic nitrogens is 4. The van der Waals surface area contributed by atoms with Gasteiger partial charge in [-0.1, -0.05) is 0 Å². The first-order valence-corrected chi connectivity index (χ1v) is 8.22. The summed E-state index contributed by atoms with van der Waals surface area (Å²) in [6.45, 7) is 2.68. The molecule has 2 heterocycles. The maximum absolute atomic E-state index is 12.4. The predicted octanol–water partition coefficient (Wildman–Crippen LogP) is 1.80. The average molecular weight is 307 g/mol. The molecular formula is C12H13N5OS2. The summed E-state index contributed by atoms with van der Waals surface area (Å²) >= 11 is 1.41. The quantitative estimate of drug-likeness (QED) is 0.743. The summed E-state index contributed by atoms with van der Waals surface area (Å²) in [6.07, 6.45) is 1.48. The molecule has 20 heavy (non-hydrogen) atoms. The number of anilines is 1. The van der Waals surface area contributed by atoms with E-state index in [1.54, 1.807) is 10.7 Å². The van der Waals surface area contributed by atoms with Gasteiger partial charge in [-0.05, 0) is 25.1 Å². The first-order chi connectivity index (χ1) is 9.67. The highest BCUT2D eigenvalue weighted by molar-refractivity contribution is 7.86. The Labute approximate surface area is 122 Å². The van der Waals surface area contributed by atoms with Crippen LogP contribution < -0.4 is 5.73 Å². The number of benzene rings is 1. The van der Waals surface area contributed by atoms with Crippen LogP contribution in [0, 0.1) is 0 Å². The summed E-state index contributed by atoms with van der Waals surface area (Å²) in [6, 6.07) is 5.49. The zero-order valence-corrected chi connectivity index (χ0v) is 12.4. The van der Waals surface area contributed by atoms with Gasteiger partial charge in [-0.25, -0.2) is 14.6 Å². The molecule has 0 saturated heterocycles. The van der Waals surface area contributed by atoms with Crippen molar-refractivity contribution >= 4 is 38.0 Å². The van der Waals surface area contributed by atoms with Crippen molar-refractivity contribution in [1.29, 1.82) is 0 Å². The van der Waals surface area contributed by atoms with Crippen molar-refractivity contribution in [3.63, 3.8) is 0 Å². The van der Waals surface area contributed by atoms with E-state index in [2.05, 4.69) is 15.1 Å². The third kappa shape index (κ3) is 2.44. The number of nitrogen functional groups attached to an aromatic ring is 1. The van der Waals surface area contributed by atoms with Gasteiger partial charge in [0.2, 0.25) is 0 Å². The summed E-state index contributed by atoms with van der Waals surface area (Å²) in [5.41, 5.74) is 7.25. The molecule has 0 aliphatic rings. The Morgan fingerprint density at radius 1 is 1.45 bits per heavy atom. The van der Waals surface area contributed by atoms with E-state index in [9.17, 15) is 4.21 Å². The van der Waals surface area contributed by atoms with Crippen molar-refractivity contribution in [2.24, 2.45) is 0 Å². The second kappa shape index (κ2) is 5.29. The molecule has 0 aliphatic heterocycles. The Bertz CT molecular complexity index is 779. The van der Waals surface area contributed by atoms with Crippen molar-refractivity contribution in [2.45, 2.75) is 23.6 Å². The minimum Gasteiger partial charge on any atom is -0.399 e. The van der Waals surface area contributed by atoms with Crippen molar-refractivity contribution in [3.8, 4) is 0 Å². The topological polar surface area (TPSA) is 86.7 Å². The van der Waals surface area contributed by atoms with Gasteiger partial charge in [-0.15, -0.1) is 11.3 Å². The number of hydrogen-bond acceptors (Lipinski definition) is 6. The number of nitrogens with two attached hydrogens (primary N) is 1. The molecule has 0 fully saturated rings. The number of fused-ring (bicyclic) bond motifs is 1. The predicted molar refractivity (Wildman–Crippen MR) is 79.8 cm³/mol. The van der Waals surface area contributed by atoms with Crippen LogP contribution in [0.3, 0.4) is 0 Å². The van der Waals surface area contributed by atoms with Gasteiger partial charge in [0.25, 0.3) is 0 Å². The van der Waals surface area contributed by atoms with Gasteiger partial charge in [-0.2, -0.15) is 5.10 Å². The van der Waals surface area contributed by atoms with Crippen molar-refractivity contribution < 1.29 is 4.21 Å². The zero-order valence-electron chi connectivity index (χ0n) is 10.8. The molecule has 3 aromatic rings. The maximum atomic E-state index is 12.4. The lowest BCUT2D eigenvalue weighted by Gasteiger charge is -2.00. The highest BCUT2D eigenvalue weighted by Crippen LogP contribution is 2.27. The molecule has 3 rings (SSSR count). The van der Waals surface area contributed by atoms with Crippen LogP contribution in [-0.2, 0) is 23.1 Å². The molecule has 0 spiro atoms. The molecular weight excluding hydrogens is 294 g/mol. The highest BCUT2D eigenvalue weighted by Gasteiger charge is 2.14. The van der Waals surface area contributed by atoms with E-state index in [-0.39, 0.29) is 0 Å². The standard InChI is InChI=1S/C12H13N5OS2/c1-2-17-11(14-7-15-17)6-20(18)12-16-9-4-3-8(13)5-10(9)19-12/h3-5,7H,2,6,13H2,1H3. The normalized spacial score (nSPS) is 12.8. The van der Waals surface area contributed by atoms with Gasteiger partial charge in [0, 0.05) is 12.2 Å². The van der Waals surface area contributed by atoms with Crippen molar-refractivity contribution in [1.82, 2.24) is 19.7 Å². The fourth-order valence-electron chi connectivity index (χ4n) is 1.86. The van der Waals surface area contributed by atoms with Crippen molar-refractivity contribution in [2.75, 3.05) is 5.73 Å². The Balaban J connectivity index is 1.89. The first kappa shape index (κ1) is 13.2.